The fraction of sp³-hybridized carbons (Fsp3) is 1.00. The van der Waals surface area contributed by atoms with Gasteiger partial charge in [-0.1, -0.05) is 34.6 Å². The van der Waals surface area contributed by atoms with E-state index in [1.54, 1.807) is 0 Å². The van der Waals surface area contributed by atoms with Gasteiger partial charge in [0.2, 0.25) is 0 Å². The van der Waals surface area contributed by atoms with Crippen LogP contribution in [0.5, 0.6) is 0 Å². The fourth-order valence-electron chi connectivity index (χ4n) is 2.55. The summed E-state index contributed by atoms with van der Waals surface area (Å²) in [4.78, 5) is 5.20. The molecule has 0 saturated carbocycles. The second-order valence-electron chi connectivity index (χ2n) is 6.41. The molecule has 1 fully saturated rings. The molecule has 1 saturated heterocycles. The third-order valence-electron chi connectivity index (χ3n) is 4.31. The van der Waals surface area contributed by atoms with Crippen molar-refractivity contribution in [3.63, 3.8) is 0 Å². The van der Waals surface area contributed by atoms with Crippen LogP contribution in [0.3, 0.4) is 0 Å². The lowest BCUT2D eigenvalue weighted by atomic mass is 9.86. The van der Waals surface area contributed by atoms with Crippen LogP contribution in [0, 0.1) is 5.41 Å². The minimum Gasteiger partial charge on any atom is -0.314 e. The van der Waals surface area contributed by atoms with E-state index >= 15 is 0 Å². The van der Waals surface area contributed by atoms with Gasteiger partial charge >= 0.3 is 0 Å². The molecular formula is C15H33N3. The van der Waals surface area contributed by atoms with Gasteiger partial charge in [0.15, 0.2) is 0 Å². The van der Waals surface area contributed by atoms with Crippen molar-refractivity contribution in [3.05, 3.63) is 0 Å². The minimum atomic E-state index is 0.415. The topological polar surface area (TPSA) is 18.5 Å². The highest BCUT2D eigenvalue weighted by molar-refractivity contribution is 4.82. The molecule has 1 aliphatic heterocycles. The van der Waals surface area contributed by atoms with Crippen LogP contribution in [0.2, 0.25) is 0 Å². The van der Waals surface area contributed by atoms with Crippen molar-refractivity contribution in [2.45, 2.75) is 47.1 Å². The Labute approximate surface area is 114 Å². The number of likely N-dealkylation sites (N-methyl/N-ethyl adjacent to an activating group) is 1. The quantitative estimate of drug-likeness (QED) is 0.751. The van der Waals surface area contributed by atoms with Gasteiger partial charge < -0.3 is 15.1 Å². The third-order valence-corrected chi connectivity index (χ3v) is 4.31. The molecule has 1 rings (SSSR count). The van der Waals surface area contributed by atoms with Gasteiger partial charge in [-0.05, 0) is 18.4 Å². The summed E-state index contributed by atoms with van der Waals surface area (Å²) in [6, 6.07) is 0.591. The highest BCUT2D eigenvalue weighted by Crippen LogP contribution is 2.22. The van der Waals surface area contributed by atoms with E-state index < -0.39 is 0 Å². The van der Waals surface area contributed by atoms with Gasteiger partial charge in [0.25, 0.3) is 0 Å². The zero-order chi connectivity index (χ0) is 13.6. The number of hydrogen-bond acceptors (Lipinski definition) is 3. The molecule has 18 heavy (non-hydrogen) atoms. The molecule has 108 valence electrons. The van der Waals surface area contributed by atoms with Crippen LogP contribution in [0.25, 0.3) is 0 Å². The normalized spacial score (nSPS) is 22.3. The van der Waals surface area contributed by atoms with E-state index in [2.05, 4.69) is 49.7 Å². The van der Waals surface area contributed by atoms with Crippen LogP contribution < -0.4 is 5.32 Å². The van der Waals surface area contributed by atoms with E-state index in [-0.39, 0.29) is 0 Å². The molecule has 0 aliphatic carbocycles. The second-order valence-corrected chi connectivity index (χ2v) is 6.41. The van der Waals surface area contributed by atoms with Crippen LogP contribution in [0.15, 0.2) is 0 Å². The van der Waals surface area contributed by atoms with E-state index in [0.29, 0.717) is 11.5 Å². The smallest absolute Gasteiger partial charge is 0.0110 e. The molecule has 3 heteroatoms. The zero-order valence-electron chi connectivity index (χ0n) is 13.1. The third kappa shape index (κ3) is 5.25. The van der Waals surface area contributed by atoms with Crippen LogP contribution in [0.4, 0.5) is 0 Å². The molecule has 1 N–H and O–H groups in total. The summed E-state index contributed by atoms with van der Waals surface area (Å²) < 4.78 is 0. The summed E-state index contributed by atoms with van der Waals surface area (Å²) >= 11 is 0. The van der Waals surface area contributed by atoms with Crippen LogP contribution >= 0.6 is 0 Å². The Balaban J connectivity index is 2.38. The predicted molar refractivity (Wildman–Crippen MR) is 80.1 cm³/mol. The van der Waals surface area contributed by atoms with Crippen molar-refractivity contribution in [1.29, 1.82) is 0 Å². The van der Waals surface area contributed by atoms with Gasteiger partial charge in [-0.2, -0.15) is 0 Å². The van der Waals surface area contributed by atoms with Gasteiger partial charge in [0.05, 0.1) is 0 Å². The van der Waals surface area contributed by atoms with Crippen LogP contribution in [-0.4, -0.2) is 61.7 Å². The number of rotatable bonds is 7. The molecule has 0 aromatic rings. The first-order chi connectivity index (χ1) is 8.49. The molecule has 1 aliphatic rings. The fourth-order valence-corrected chi connectivity index (χ4v) is 2.55. The first-order valence-corrected chi connectivity index (χ1v) is 7.67. The number of piperazine rings is 1. The number of nitrogens with one attached hydrogen (secondary N) is 1. The molecule has 1 heterocycles. The van der Waals surface area contributed by atoms with Gasteiger partial charge in [0.1, 0.15) is 0 Å². The minimum absolute atomic E-state index is 0.415. The maximum atomic E-state index is 3.61. The van der Waals surface area contributed by atoms with E-state index in [9.17, 15) is 0 Å². The Morgan fingerprint density at radius 1 is 1.06 bits per heavy atom. The zero-order valence-corrected chi connectivity index (χ0v) is 13.1. The first kappa shape index (κ1) is 15.9. The predicted octanol–water partition coefficient (Wildman–Crippen LogP) is 2.04. The van der Waals surface area contributed by atoms with E-state index in [1.165, 1.54) is 45.7 Å². The summed E-state index contributed by atoms with van der Waals surface area (Å²) in [6.07, 6.45) is 1.25. The van der Waals surface area contributed by atoms with E-state index in [1.807, 2.05) is 0 Å². The second kappa shape index (κ2) is 7.46. The Hall–Kier alpha value is -0.120. The van der Waals surface area contributed by atoms with E-state index in [0.717, 1.165) is 6.54 Å². The molecule has 1 unspecified atom stereocenters. The lowest BCUT2D eigenvalue weighted by Crippen LogP contribution is -2.51. The van der Waals surface area contributed by atoms with Crippen molar-refractivity contribution < 1.29 is 0 Å². The highest BCUT2D eigenvalue weighted by atomic mass is 15.3. The number of hydrogen-bond donors (Lipinski definition) is 1. The molecule has 0 aromatic heterocycles. The molecule has 1 atom stereocenters. The number of nitrogens with zero attached hydrogens (tertiary/aromatic N) is 2. The average Bonchev–Trinajstić information content (AvgIpc) is 2.37. The Bertz CT molecular complexity index is 222. The molecule has 0 aromatic carbocycles. The molecule has 0 radical (unpaired) electrons. The standard InChI is InChI=1S/C15H33N3/c1-6-15(5,12-16-14(3)4)13-18-10-8-17(7-2)9-11-18/h14,16H,6-13H2,1-5H3. The maximum absolute atomic E-state index is 3.61. The molecule has 0 amide bonds. The lowest BCUT2D eigenvalue weighted by molar-refractivity contribution is 0.0899. The lowest BCUT2D eigenvalue weighted by Gasteiger charge is -2.40. The Morgan fingerprint density at radius 2 is 1.61 bits per heavy atom. The van der Waals surface area contributed by atoms with Gasteiger partial charge in [-0.3, -0.25) is 0 Å². The first-order valence-electron chi connectivity index (χ1n) is 7.67. The monoisotopic (exact) mass is 255 g/mol. The van der Waals surface area contributed by atoms with Gasteiger partial charge in [0, 0.05) is 45.3 Å². The average molecular weight is 255 g/mol. The molecule has 0 spiro atoms. The SMILES string of the molecule is CCN1CCN(CC(C)(CC)CNC(C)C)CC1. The molecule has 0 bridgehead atoms. The summed E-state index contributed by atoms with van der Waals surface area (Å²) in [6.45, 7) is 20.0. The summed E-state index contributed by atoms with van der Waals surface area (Å²) in [7, 11) is 0. The van der Waals surface area contributed by atoms with Gasteiger partial charge in [-0.15, -0.1) is 0 Å². The van der Waals surface area contributed by atoms with Crippen LogP contribution in [-0.2, 0) is 0 Å². The summed E-state index contributed by atoms with van der Waals surface area (Å²) in [5.41, 5.74) is 0.415. The summed E-state index contributed by atoms with van der Waals surface area (Å²) in [5.74, 6) is 0. The Morgan fingerprint density at radius 3 is 2.06 bits per heavy atom. The summed E-state index contributed by atoms with van der Waals surface area (Å²) in [5, 5.41) is 3.61. The van der Waals surface area contributed by atoms with Crippen LogP contribution in [0.1, 0.15) is 41.0 Å². The van der Waals surface area contributed by atoms with Crippen molar-refractivity contribution in [3.8, 4) is 0 Å². The maximum Gasteiger partial charge on any atom is 0.0110 e. The van der Waals surface area contributed by atoms with Crippen molar-refractivity contribution in [2.75, 3.05) is 45.8 Å². The van der Waals surface area contributed by atoms with Crippen molar-refractivity contribution >= 4 is 0 Å². The Kier molecular flexibility index (Phi) is 6.61. The largest absolute Gasteiger partial charge is 0.314 e. The molecular weight excluding hydrogens is 222 g/mol. The van der Waals surface area contributed by atoms with Crippen molar-refractivity contribution in [1.82, 2.24) is 15.1 Å². The highest BCUT2D eigenvalue weighted by Gasteiger charge is 2.27. The van der Waals surface area contributed by atoms with Gasteiger partial charge in [-0.25, -0.2) is 0 Å². The van der Waals surface area contributed by atoms with E-state index in [4.69, 9.17) is 0 Å². The van der Waals surface area contributed by atoms with Crippen molar-refractivity contribution in [2.24, 2.45) is 5.41 Å². The molecule has 3 nitrogen and oxygen atoms in total.